The molecule has 0 radical (unpaired) electrons. The molecule has 2 N–H and O–H groups in total. The van der Waals surface area contributed by atoms with Crippen LogP contribution in [-0.2, 0) is 17.2 Å². The Morgan fingerprint density at radius 1 is 1.12 bits per heavy atom. The van der Waals surface area contributed by atoms with E-state index < -0.39 is 10.8 Å². The van der Waals surface area contributed by atoms with Crippen LogP contribution in [0, 0.1) is 0 Å². The number of nitrogens with zero attached hydrogens (tertiary/aromatic N) is 1. The summed E-state index contributed by atoms with van der Waals surface area (Å²) in [4.78, 5) is 4.19. The third kappa shape index (κ3) is 8.57. The minimum Gasteiger partial charge on any atom is -0.493 e. The molecule has 1 rings (SSSR count). The summed E-state index contributed by atoms with van der Waals surface area (Å²) in [7, 11) is 4.12. The van der Waals surface area contributed by atoms with Crippen molar-refractivity contribution in [3.63, 3.8) is 0 Å². The molecule has 0 amide bonds. The zero-order chi connectivity index (χ0) is 18.9. The molecule has 0 bridgehead atoms. The molecule has 1 aromatic carbocycles. The number of hydrogen-bond donors (Lipinski definition) is 2. The van der Waals surface area contributed by atoms with Crippen molar-refractivity contribution in [3.8, 4) is 11.5 Å². The summed E-state index contributed by atoms with van der Waals surface area (Å²) in [5, 5.41) is 6.46. The number of rotatable bonds is 8. The van der Waals surface area contributed by atoms with Crippen LogP contribution in [0.3, 0.4) is 0 Å². The molecule has 0 heterocycles. The number of guanidine groups is 1. The topological polar surface area (TPSA) is 72.0 Å². The molecule has 0 spiro atoms. The van der Waals surface area contributed by atoms with Crippen LogP contribution < -0.4 is 20.1 Å². The van der Waals surface area contributed by atoms with E-state index in [-0.39, 0.29) is 28.7 Å². The number of aliphatic imine (C=N–C) groups is 1. The second-order valence-electron chi connectivity index (χ2n) is 6.53. The highest BCUT2D eigenvalue weighted by molar-refractivity contribution is 14.0. The normalized spacial score (nSPS) is 12.8. The molecule has 0 saturated heterocycles. The summed E-state index contributed by atoms with van der Waals surface area (Å²) < 4.78 is 22.4. The minimum absolute atomic E-state index is 0. The molecule has 6 nitrogen and oxygen atoms in total. The van der Waals surface area contributed by atoms with Gasteiger partial charge in [-0.1, -0.05) is 6.07 Å². The lowest BCUT2D eigenvalue weighted by Crippen LogP contribution is -2.41. The van der Waals surface area contributed by atoms with Gasteiger partial charge in [0, 0.05) is 41.4 Å². The Bertz CT molecular complexity index is 604. The average molecular weight is 497 g/mol. The quantitative estimate of drug-likeness (QED) is 0.328. The standard InChI is InChI=1S/C18H31N3O3S.HI/c1-18(2,3)25(22)12-11-21-17(19-4)20-10-9-14-7-8-15(23-5)16(13-14)24-6;/h7-8,13H,9-12H2,1-6H3,(H2,19,20,21);1H. The van der Waals surface area contributed by atoms with Crippen molar-refractivity contribution >= 4 is 40.7 Å². The third-order valence-corrected chi connectivity index (χ3v) is 5.58. The summed E-state index contributed by atoms with van der Waals surface area (Å²) in [5.41, 5.74) is 1.15. The van der Waals surface area contributed by atoms with Gasteiger partial charge in [0.15, 0.2) is 17.5 Å². The maximum absolute atomic E-state index is 12.0. The molecule has 0 saturated carbocycles. The molecule has 150 valence electrons. The molecule has 0 aliphatic rings. The molecular formula is C18H32IN3O3S. The summed E-state index contributed by atoms with van der Waals surface area (Å²) in [6, 6.07) is 5.90. The minimum atomic E-state index is -0.869. The van der Waals surface area contributed by atoms with Crippen molar-refractivity contribution in [2.45, 2.75) is 31.9 Å². The Morgan fingerprint density at radius 2 is 1.73 bits per heavy atom. The number of nitrogens with one attached hydrogen (secondary N) is 2. The predicted molar refractivity (Wildman–Crippen MR) is 121 cm³/mol. The number of benzene rings is 1. The van der Waals surface area contributed by atoms with Gasteiger partial charge in [0.1, 0.15) is 0 Å². The molecule has 0 fully saturated rings. The Balaban J connectivity index is 0.00000625. The van der Waals surface area contributed by atoms with Crippen LogP contribution in [0.4, 0.5) is 0 Å². The molecular weight excluding hydrogens is 465 g/mol. The van der Waals surface area contributed by atoms with E-state index in [0.717, 1.165) is 30.0 Å². The smallest absolute Gasteiger partial charge is 0.191 e. The van der Waals surface area contributed by atoms with Gasteiger partial charge in [-0.25, -0.2) is 0 Å². The second kappa shape index (κ2) is 12.4. The highest BCUT2D eigenvalue weighted by Crippen LogP contribution is 2.27. The van der Waals surface area contributed by atoms with Crippen molar-refractivity contribution < 1.29 is 13.7 Å². The van der Waals surface area contributed by atoms with Crippen LogP contribution in [0.2, 0.25) is 0 Å². The van der Waals surface area contributed by atoms with E-state index in [1.54, 1.807) is 21.3 Å². The van der Waals surface area contributed by atoms with Crippen LogP contribution in [-0.4, -0.2) is 55.0 Å². The lowest BCUT2D eigenvalue weighted by atomic mass is 10.1. The molecule has 26 heavy (non-hydrogen) atoms. The molecule has 1 aromatic rings. The number of hydrogen-bond acceptors (Lipinski definition) is 4. The molecule has 0 aliphatic heterocycles. The SMILES string of the molecule is CN=C(NCCc1ccc(OC)c(OC)c1)NCCS(=O)C(C)(C)C.I. The third-order valence-electron chi connectivity index (χ3n) is 3.64. The second-order valence-corrected chi connectivity index (χ2v) is 8.85. The Kier molecular flexibility index (Phi) is 11.9. The molecule has 0 aromatic heterocycles. The predicted octanol–water partition coefficient (Wildman–Crippen LogP) is 2.58. The van der Waals surface area contributed by atoms with E-state index in [0.29, 0.717) is 18.3 Å². The van der Waals surface area contributed by atoms with Gasteiger partial charge in [-0.2, -0.15) is 0 Å². The first-order chi connectivity index (χ1) is 11.8. The maximum Gasteiger partial charge on any atom is 0.191 e. The monoisotopic (exact) mass is 497 g/mol. The van der Waals surface area contributed by atoms with Crippen LogP contribution in [0.15, 0.2) is 23.2 Å². The van der Waals surface area contributed by atoms with Gasteiger partial charge < -0.3 is 20.1 Å². The Hall–Kier alpha value is -1.03. The number of ether oxygens (including phenoxy) is 2. The lowest BCUT2D eigenvalue weighted by Gasteiger charge is -2.18. The van der Waals surface area contributed by atoms with Crippen molar-refractivity contribution in [2.75, 3.05) is 40.1 Å². The van der Waals surface area contributed by atoms with Crippen molar-refractivity contribution in [3.05, 3.63) is 23.8 Å². The van der Waals surface area contributed by atoms with Crippen LogP contribution >= 0.6 is 24.0 Å². The first-order valence-electron chi connectivity index (χ1n) is 8.35. The van der Waals surface area contributed by atoms with Crippen molar-refractivity contribution in [2.24, 2.45) is 4.99 Å². The van der Waals surface area contributed by atoms with Crippen LogP contribution in [0.5, 0.6) is 11.5 Å². The van der Waals surface area contributed by atoms with Gasteiger partial charge in [-0.05, 0) is 44.9 Å². The fourth-order valence-corrected chi connectivity index (χ4v) is 3.05. The highest BCUT2D eigenvalue weighted by atomic mass is 127. The maximum atomic E-state index is 12.0. The fraction of sp³-hybridized carbons (Fsp3) is 0.611. The van der Waals surface area contributed by atoms with E-state index in [9.17, 15) is 4.21 Å². The van der Waals surface area contributed by atoms with Gasteiger partial charge in [-0.3, -0.25) is 9.20 Å². The first-order valence-corrected chi connectivity index (χ1v) is 9.67. The molecule has 1 unspecified atom stereocenters. The lowest BCUT2D eigenvalue weighted by molar-refractivity contribution is 0.354. The van der Waals surface area contributed by atoms with Gasteiger partial charge in [0.25, 0.3) is 0 Å². The van der Waals surface area contributed by atoms with Gasteiger partial charge in [-0.15, -0.1) is 24.0 Å². The summed E-state index contributed by atoms with van der Waals surface area (Å²) in [5.74, 6) is 2.77. The van der Waals surface area contributed by atoms with Gasteiger partial charge in [0.2, 0.25) is 0 Å². The zero-order valence-electron chi connectivity index (χ0n) is 16.5. The summed E-state index contributed by atoms with van der Waals surface area (Å²) >= 11 is 0. The summed E-state index contributed by atoms with van der Waals surface area (Å²) in [6.07, 6.45) is 0.828. The number of methoxy groups -OCH3 is 2. The van der Waals surface area contributed by atoms with Gasteiger partial charge in [0.05, 0.1) is 14.2 Å². The highest BCUT2D eigenvalue weighted by Gasteiger charge is 2.18. The Labute approximate surface area is 177 Å². The molecule has 0 aliphatic carbocycles. The van der Waals surface area contributed by atoms with Crippen LogP contribution in [0.25, 0.3) is 0 Å². The van der Waals surface area contributed by atoms with E-state index in [4.69, 9.17) is 9.47 Å². The summed E-state index contributed by atoms with van der Waals surface area (Å²) in [6.45, 7) is 7.31. The van der Waals surface area contributed by atoms with E-state index in [1.165, 1.54) is 0 Å². The Morgan fingerprint density at radius 3 is 2.27 bits per heavy atom. The molecule has 1 atom stereocenters. The van der Waals surface area contributed by atoms with Crippen molar-refractivity contribution in [1.29, 1.82) is 0 Å². The van der Waals surface area contributed by atoms with E-state index in [2.05, 4.69) is 15.6 Å². The van der Waals surface area contributed by atoms with Crippen LogP contribution in [0.1, 0.15) is 26.3 Å². The zero-order valence-corrected chi connectivity index (χ0v) is 19.7. The largest absolute Gasteiger partial charge is 0.493 e. The molecule has 8 heteroatoms. The number of halogens is 1. The first kappa shape index (κ1) is 25.0. The van der Waals surface area contributed by atoms with Crippen molar-refractivity contribution in [1.82, 2.24) is 10.6 Å². The average Bonchev–Trinajstić information content (AvgIpc) is 2.59. The van der Waals surface area contributed by atoms with E-state index in [1.807, 2.05) is 39.0 Å². The van der Waals surface area contributed by atoms with Gasteiger partial charge >= 0.3 is 0 Å². The fourth-order valence-electron chi connectivity index (χ4n) is 2.15. The van der Waals surface area contributed by atoms with E-state index >= 15 is 0 Å².